The highest BCUT2D eigenvalue weighted by molar-refractivity contribution is 6.46. The molecule has 1 aliphatic heterocycles. The number of nitrogens with zero attached hydrogens (tertiary/aromatic N) is 2. The quantitative estimate of drug-likeness (QED) is 0.404. The lowest BCUT2D eigenvalue weighted by Gasteiger charge is -2.28. The van der Waals surface area contributed by atoms with Crippen LogP contribution in [-0.4, -0.2) is 60.9 Å². The number of carbonyl (C=O) groups is 2. The summed E-state index contributed by atoms with van der Waals surface area (Å²) in [6.07, 6.45) is 0. The van der Waals surface area contributed by atoms with Crippen LogP contribution in [0.3, 0.4) is 0 Å². The van der Waals surface area contributed by atoms with Crippen LogP contribution in [-0.2, 0) is 15.0 Å². The summed E-state index contributed by atoms with van der Waals surface area (Å²) in [5.74, 6) is -0.702. The molecule has 3 rings (SSSR count). The molecule has 0 aromatic heterocycles. The summed E-state index contributed by atoms with van der Waals surface area (Å²) in [5, 5.41) is 11.4. The molecule has 6 nitrogen and oxygen atoms in total. The van der Waals surface area contributed by atoms with Crippen LogP contribution in [0.2, 0.25) is 0 Å². The number of rotatable bonds is 6. The highest BCUT2D eigenvalue weighted by Gasteiger charge is 2.46. The normalized spacial score (nSPS) is 18.3. The van der Waals surface area contributed by atoms with Crippen molar-refractivity contribution in [2.75, 3.05) is 34.3 Å². The number of aliphatic hydroxyl groups is 1. The number of benzene rings is 2. The SMILES string of the molecule is COc1ccc(/C(O)=C2\C(=O)C(=O)N(CCN(C)C)C2c2ccccc2C)cc1C(C)(C)C. The van der Waals surface area contributed by atoms with E-state index in [9.17, 15) is 14.7 Å². The Morgan fingerprint density at radius 3 is 2.36 bits per heavy atom. The van der Waals surface area contributed by atoms with Crippen molar-refractivity contribution in [3.8, 4) is 5.75 Å². The molecular formula is C27H34N2O4. The van der Waals surface area contributed by atoms with Crippen LogP contribution >= 0.6 is 0 Å². The molecule has 1 amide bonds. The minimum Gasteiger partial charge on any atom is -0.507 e. The van der Waals surface area contributed by atoms with E-state index in [2.05, 4.69) is 20.8 Å². The number of ether oxygens (including phenoxy) is 1. The number of Topliss-reactive ketones (excluding diaryl/α,β-unsaturated/α-hetero) is 1. The van der Waals surface area contributed by atoms with E-state index in [1.807, 2.05) is 56.3 Å². The lowest BCUT2D eigenvalue weighted by Crippen LogP contribution is -2.35. The Labute approximate surface area is 196 Å². The summed E-state index contributed by atoms with van der Waals surface area (Å²) in [6, 6.07) is 12.4. The topological polar surface area (TPSA) is 70.1 Å². The van der Waals surface area contributed by atoms with Gasteiger partial charge in [-0.05, 0) is 55.8 Å². The molecular weight excluding hydrogens is 416 g/mol. The molecule has 176 valence electrons. The third kappa shape index (κ3) is 4.81. The average molecular weight is 451 g/mol. The molecule has 33 heavy (non-hydrogen) atoms. The standard InChI is InChI=1S/C27H34N2O4/c1-17-10-8-9-11-19(17)23-22(25(31)26(32)29(23)15-14-28(5)6)24(30)18-12-13-21(33-7)20(16-18)27(2,3)4/h8-13,16,23,30H,14-15H2,1-7H3/b24-22+. The number of likely N-dealkylation sites (tertiary alicyclic amines) is 1. The molecule has 0 spiro atoms. The Balaban J connectivity index is 2.22. The molecule has 2 aromatic rings. The second kappa shape index (κ2) is 9.40. The highest BCUT2D eigenvalue weighted by atomic mass is 16.5. The van der Waals surface area contributed by atoms with Crippen LogP contribution in [0, 0.1) is 6.92 Å². The molecule has 0 saturated carbocycles. The Morgan fingerprint density at radius 1 is 1.12 bits per heavy atom. The zero-order valence-corrected chi connectivity index (χ0v) is 20.6. The first-order valence-corrected chi connectivity index (χ1v) is 11.1. The van der Waals surface area contributed by atoms with Gasteiger partial charge in [0.25, 0.3) is 11.7 Å². The van der Waals surface area contributed by atoms with Crippen molar-refractivity contribution < 1.29 is 19.4 Å². The number of methoxy groups -OCH3 is 1. The molecule has 1 fully saturated rings. The van der Waals surface area contributed by atoms with E-state index in [-0.39, 0.29) is 16.7 Å². The third-order valence-electron chi connectivity index (χ3n) is 6.09. The zero-order valence-electron chi connectivity index (χ0n) is 20.6. The number of carbonyl (C=O) groups excluding carboxylic acids is 2. The maximum Gasteiger partial charge on any atom is 0.295 e. The first kappa shape index (κ1) is 24.5. The lowest BCUT2D eigenvalue weighted by atomic mass is 9.84. The average Bonchev–Trinajstić information content (AvgIpc) is 3.01. The van der Waals surface area contributed by atoms with Gasteiger partial charge in [-0.25, -0.2) is 0 Å². The van der Waals surface area contributed by atoms with E-state index in [1.165, 1.54) is 0 Å². The van der Waals surface area contributed by atoms with Gasteiger partial charge in [-0.15, -0.1) is 0 Å². The van der Waals surface area contributed by atoms with Crippen molar-refractivity contribution in [2.24, 2.45) is 0 Å². The molecule has 1 aliphatic rings. The minimum atomic E-state index is -0.660. The summed E-state index contributed by atoms with van der Waals surface area (Å²) >= 11 is 0. The summed E-state index contributed by atoms with van der Waals surface area (Å²) in [7, 11) is 5.45. The number of aliphatic hydroxyl groups excluding tert-OH is 1. The zero-order chi connectivity index (χ0) is 24.5. The van der Waals surface area contributed by atoms with Crippen LogP contribution in [0.15, 0.2) is 48.0 Å². The highest BCUT2D eigenvalue weighted by Crippen LogP contribution is 2.41. The van der Waals surface area contributed by atoms with Crippen molar-refractivity contribution in [1.82, 2.24) is 9.80 Å². The monoisotopic (exact) mass is 450 g/mol. The molecule has 0 radical (unpaired) electrons. The summed E-state index contributed by atoms with van der Waals surface area (Å²) in [4.78, 5) is 29.8. The summed E-state index contributed by atoms with van der Waals surface area (Å²) in [6.45, 7) is 9.11. The fourth-order valence-electron chi connectivity index (χ4n) is 4.23. The first-order valence-electron chi connectivity index (χ1n) is 11.1. The van der Waals surface area contributed by atoms with Crippen molar-refractivity contribution in [3.05, 3.63) is 70.3 Å². The first-order chi connectivity index (χ1) is 15.5. The fourth-order valence-corrected chi connectivity index (χ4v) is 4.23. The van der Waals surface area contributed by atoms with Crippen LogP contribution in [0.4, 0.5) is 0 Å². The van der Waals surface area contributed by atoms with Crippen LogP contribution in [0.25, 0.3) is 5.76 Å². The molecule has 1 heterocycles. The molecule has 0 aliphatic carbocycles. The third-order valence-corrected chi connectivity index (χ3v) is 6.09. The van der Waals surface area contributed by atoms with E-state index >= 15 is 0 Å². The summed E-state index contributed by atoms with van der Waals surface area (Å²) < 4.78 is 5.52. The van der Waals surface area contributed by atoms with Gasteiger partial charge in [0, 0.05) is 24.2 Å². The van der Waals surface area contributed by atoms with Crippen molar-refractivity contribution in [3.63, 3.8) is 0 Å². The predicted octanol–water partition coefficient (Wildman–Crippen LogP) is 4.28. The lowest BCUT2D eigenvalue weighted by molar-refractivity contribution is -0.140. The Bertz CT molecular complexity index is 1100. The van der Waals surface area contributed by atoms with Gasteiger partial charge in [0.1, 0.15) is 11.5 Å². The van der Waals surface area contributed by atoms with Crippen molar-refractivity contribution in [1.29, 1.82) is 0 Å². The number of amides is 1. The van der Waals surface area contributed by atoms with Gasteiger partial charge in [-0.3, -0.25) is 9.59 Å². The number of hydrogen-bond acceptors (Lipinski definition) is 5. The number of aryl methyl sites for hydroxylation is 1. The van der Waals surface area contributed by atoms with Gasteiger partial charge < -0.3 is 19.6 Å². The minimum absolute atomic E-state index is 0.123. The summed E-state index contributed by atoms with van der Waals surface area (Å²) in [5.41, 5.74) is 3.07. The maximum atomic E-state index is 13.2. The van der Waals surface area contributed by atoms with Crippen molar-refractivity contribution in [2.45, 2.75) is 39.2 Å². The van der Waals surface area contributed by atoms with E-state index in [4.69, 9.17) is 4.74 Å². The van der Waals surface area contributed by atoms with E-state index in [1.54, 1.807) is 24.1 Å². The molecule has 0 bridgehead atoms. The second-order valence-electron chi connectivity index (χ2n) is 9.82. The van der Waals surface area contributed by atoms with Crippen LogP contribution in [0.1, 0.15) is 49.1 Å². The number of ketones is 1. The molecule has 1 atom stereocenters. The van der Waals surface area contributed by atoms with E-state index in [0.717, 1.165) is 16.7 Å². The molecule has 2 aromatic carbocycles. The van der Waals surface area contributed by atoms with Crippen LogP contribution in [0.5, 0.6) is 5.75 Å². The molecule has 1 saturated heterocycles. The largest absolute Gasteiger partial charge is 0.507 e. The predicted molar refractivity (Wildman–Crippen MR) is 130 cm³/mol. The Morgan fingerprint density at radius 2 is 1.79 bits per heavy atom. The van der Waals surface area contributed by atoms with Gasteiger partial charge in [0.2, 0.25) is 0 Å². The van der Waals surface area contributed by atoms with Gasteiger partial charge in [0.15, 0.2) is 0 Å². The van der Waals surface area contributed by atoms with Crippen molar-refractivity contribution >= 4 is 17.4 Å². The molecule has 1 N–H and O–H groups in total. The van der Waals surface area contributed by atoms with Gasteiger partial charge in [0.05, 0.1) is 18.7 Å². The second-order valence-corrected chi connectivity index (χ2v) is 9.82. The van der Waals surface area contributed by atoms with Gasteiger partial charge in [-0.1, -0.05) is 45.0 Å². The number of hydrogen-bond donors (Lipinski definition) is 1. The van der Waals surface area contributed by atoms with Crippen LogP contribution < -0.4 is 4.74 Å². The Hall–Kier alpha value is -3.12. The van der Waals surface area contributed by atoms with E-state index in [0.29, 0.717) is 24.4 Å². The molecule has 6 heteroatoms. The fraction of sp³-hybridized carbons (Fsp3) is 0.407. The smallest absolute Gasteiger partial charge is 0.295 e. The van der Waals surface area contributed by atoms with Gasteiger partial charge in [-0.2, -0.15) is 0 Å². The van der Waals surface area contributed by atoms with E-state index < -0.39 is 17.7 Å². The maximum absolute atomic E-state index is 13.2. The molecule has 1 unspecified atom stereocenters. The number of likely N-dealkylation sites (N-methyl/N-ethyl adjacent to an activating group) is 1. The van der Waals surface area contributed by atoms with Gasteiger partial charge >= 0.3 is 0 Å². The Kier molecular flexibility index (Phi) is 6.98.